The number of carbonyl (C=O) groups excluding carboxylic acids is 2. The molecule has 1 fully saturated rings. The molecule has 0 unspecified atom stereocenters. The van der Waals surface area contributed by atoms with Gasteiger partial charge in [-0.1, -0.05) is 0 Å². The minimum absolute atomic E-state index is 0.0169. The number of ether oxygens (including phenoxy) is 1. The first kappa shape index (κ1) is 17.3. The summed E-state index contributed by atoms with van der Waals surface area (Å²) in [4.78, 5) is 30.9. The molecule has 0 saturated carbocycles. The topological polar surface area (TPSA) is 65.6 Å². The molecule has 1 aliphatic heterocycles. The molecule has 2 heterocycles. The zero-order valence-corrected chi connectivity index (χ0v) is 14.5. The number of amides is 2. The number of fused-ring (bicyclic) bond motifs is 1. The molecule has 0 aliphatic carbocycles. The van der Waals surface area contributed by atoms with Gasteiger partial charge in [0, 0.05) is 42.8 Å². The summed E-state index contributed by atoms with van der Waals surface area (Å²) in [5.74, 6) is -0.333. The number of aromatic nitrogens is 1. The molecule has 2 amide bonds. The van der Waals surface area contributed by atoms with Crippen LogP contribution in [0.4, 0.5) is 9.18 Å². The second-order valence-electron chi connectivity index (χ2n) is 6.16. The van der Waals surface area contributed by atoms with E-state index >= 15 is 0 Å². The first-order valence-electron chi connectivity index (χ1n) is 8.45. The van der Waals surface area contributed by atoms with Crippen LogP contribution in [0.15, 0.2) is 18.2 Å². The first-order chi connectivity index (χ1) is 12.0. The summed E-state index contributed by atoms with van der Waals surface area (Å²) in [6.07, 6.45) is -0.119. The molecule has 1 saturated heterocycles. The maximum absolute atomic E-state index is 13.5. The van der Waals surface area contributed by atoms with Gasteiger partial charge in [0.1, 0.15) is 5.82 Å². The maximum Gasteiger partial charge on any atom is 0.409 e. The summed E-state index contributed by atoms with van der Waals surface area (Å²) in [5.41, 5.74) is 2.53. The fourth-order valence-corrected chi connectivity index (χ4v) is 3.20. The Kier molecular flexibility index (Phi) is 4.92. The predicted octanol–water partition coefficient (Wildman–Crippen LogP) is 2.46. The summed E-state index contributed by atoms with van der Waals surface area (Å²) in [5, 5.41) is 0.746. The molecule has 2 aromatic rings. The van der Waals surface area contributed by atoms with Gasteiger partial charge in [-0.2, -0.15) is 0 Å². The van der Waals surface area contributed by atoms with Crippen LogP contribution in [0.25, 0.3) is 10.9 Å². The van der Waals surface area contributed by atoms with E-state index in [1.54, 1.807) is 22.8 Å². The molecule has 25 heavy (non-hydrogen) atoms. The number of hydrogen-bond acceptors (Lipinski definition) is 3. The second kappa shape index (κ2) is 7.13. The summed E-state index contributed by atoms with van der Waals surface area (Å²) >= 11 is 0. The van der Waals surface area contributed by atoms with Crippen molar-refractivity contribution >= 4 is 22.9 Å². The predicted molar refractivity (Wildman–Crippen MR) is 91.9 cm³/mol. The number of aromatic amines is 1. The average molecular weight is 347 g/mol. The fourth-order valence-electron chi connectivity index (χ4n) is 3.20. The van der Waals surface area contributed by atoms with E-state index in [-0.39, 0.29) is 24.2 Å². The monoisotopic (exact) mass is 347 g/mol. The van der Waals surface area contributed by atoms with Gasteiger partial charge in [-0.3, -0.25) is 4.79 Å². The highest BCUT2D eigenvalue weighted by Gasteiger charge is 2.25. The van der Waals surface area contributed by atoms with Crippen LogP contribution in [0.2, 0.25) is 0 Å². The number of H-pyrrole nitrogens is 1. The second-order valence-corrected chi connectivity index (χ2v) is 6.16. The van der Waals surface area contributed by atoms with Gasteiger partial charge in [0.15, 0.2) is 0 Å². The number of piperazine rings is 1. The Morgan fingerprint density at radius 2 is 1.88 bits per heavy atom. The number of aryl methyl sites for hydroxylation is 1. The Hall–Kier alpha value is -2.57. The smallest absolute Gasteiger partial charge is 0.409 e. The van der Waals surface area contributed by atoms with Gasteiger partial charge in [-0.25, -0.2) is 9.18 Å². The summed E-state index contributed by atoms with van der Waals surface area (Å²) in [6.45, 7) is 5.89. The van der Waals surface area contributed by atoms with Crippen molar-refractivity contribution in [2.24, 2.45) is 0 Å². The molecule has 3 rings (SSSR count). The van der Waals surface area contributed by atoms with Gasteiger partial charge in [-0.05, 0) is 37.6 Å². The van der Waals surface area contributed by atoms with E-state index in [0.29, 0.717) is 32.8 Å². The number of nitrogens with one attached hydrogen (secondary N) is 1. The van der Waals surface area contributed by atoms with Crippen molar-refractivity contribution in [3.8, 4) is 0 Å². The molecule has 0 atom stereocenters. The Morgan fingerprint density at radius 3 is 2.56 bits per heavy atom. The molecule has 7 heteroatoms. The Bertz CT molecular complexity index is 794. The van der Waals surface area contributed by atoms with E-state index in [1.165, 1.54) is 12.1 Å². The number of halogens is 1. The van der Waals surface area contributed by atoms with Gasteiger partial charge in [-0.15, -0.1) is 0 Å². The highest BCUT2D eigenvalue weighted by Crippen LogP contribution is 2.24. The van der Waals surface area contributed by atoms with Crippen LogP contribution in [0.1, 0.15) is 18.2 Å². The Morgan fingerprint density at radius 1 is 1.20 bits per heavy atom. The maximum atomic E-state index is 13.5. The molecule has 1 N–H and O–H groups in total. The average Bonchev–Trinajstić information content (AvgIpc) is 2.90. The number of hydrogen-bond donors (Lipinski definition) is 1. The summed E-state index contributed by atoms with van der Waals surface area (Å²) in [7, 11) is 0. The van der Waals surface area contributed by atoms with Gasteiger partial charge in [0.2, 0.25) is 5.91 Å². The van der Waals surface area contributed by atoms with Crippen molar-refractivity contribution in [1.29, 1.82) is 0 Å². The molecule has 0 spiro atoms. The molecule has 1 aliphatic rings. The van der Waals surface area contributed by atoms with Crippen molar-refractivity contribution in [1.82, 2.24) is 14.8 Å². The molecule has 6 nitrogen and oxygen atoms in total. The highest BCUT2D eigenvalue weighted by atomic mass is 19.1. The van der Waals surface area contributed by atoms with E-state index in [2.05, 4.69) is 4.98 Å². The minimum Gasteiger partial charge on any atom is -0.450 e. The minimum atomic E-state index is -0.336. The van der Waals surface area contributed by atoms with Crippen LogP contribution in [-0.2, 0) is 16.0 Å². The summed E-state index contributed by atoms with van der Waals surface area (Å²) < 4.78 is 18.5. The van der Waals surface area contributed by atoms with E-state index in [4.69, 9.17) is 4.74 Å². The van der Waals surface area contributed by atoms with Crippen molar-refractivity contribution in [3.05, 3.63) is 35.3 Å². The first-order valence-corrected chi connectivity index (χ1v) is 8.45. The largest absolute Gasteiger partial charge is 0.450 e. The zero-order chi connectivity index (χ0) is 18.0. The molecule has 134 valence electrons. The summed E-state index contributed by atoms with van der Waals surface area (Å²) in [6, 6.07) is 4.54. The molecule has 1 aromatic heterocycles. The number of nitrogens with zero attached hydrogens (tertiary/aromatic N) is 2. The van der Waals surface area contributed by atoms with E-state index in [9.17, 15) is 14.0 Å². The fraction of sp³-hybridized carbons (Fsp3) is 0.444. The molecular formula is C18H22FN3O3. The lowest BCUT2D eigenvalue weighted by atomic mass is 10.1. The van der Waals surface area contributed by atoms with Gasteiger partial charge >= 0.3 is 6.09 Å². The lowest BCUT2D eigenvalue weighted by Gasteiger charge is -2.34. The SMILES string of the molecule is CCOC(=O)N1CCN(C(=O)Cc2c(C)[nH]c3ccc(F)cc23)CC1. The van der Waals surface area contributed by atoms with Crippen LogP contribution < -0.4 is 0 Å². The molecule has 1 aromatic carbocycles. The third-order valence-electron chi connectivity index (χ3n) is 4.57. The van der Waals surface area contributed by atoms with Crippen molar-refractivity contribution in [2.75, 3.05) is 32.8 Å². The number of carbonyl (C=O) groups is 2. The normalized spacial score (nSPS) is 14.8. The van der Waals surface area contributed by atoms with Crippen LogP contribution in [0.3, 0.4) is 0 Å². The molecular weight excluding hydrogens is 325 g/mol. The Balaban J connectivity index is 1.67. The van der Waals surface area contributed by atoms with E-state index in [1.807, 2.05) is 6.92 Å². The van der Waals surface area contributed by atoms with E-state index in [0.717, 1.165) is 22.2 Å². The lowest BCUT2D eigenvalue weighted by Crippen LogP contribution is -2.51. The van der Waals surface area contributed by atoms with Crippen LogP contribution in [-0.4, -0.2) is 59.6 Å². The third kappa shape index (κ3) is 3.60. The standard InChI is InChI=1S/C18H22FN3O3/c1-3-25-18(24)22-8-6-21(7-9-22)17(23)11-14-12(2)20-16-5-4-13(19)10-15(14)16/h4-5,10,20H,3,6-9,11H2,1-2H3. The molecule has 0 bridgehead atoms. The molecule has 0 radical (unpaired) electrons. The van der Waals surface area contributed by atoms with Crippen molar-refractivity contribution < 1.29 is 18.7 Å². The van der Waals surface area contributed by atoms with E-state index < -0.39 is 0 Å². The van der Waals surface area contributed by atoms with Gasteiger partial charge in [0.05, 0.1) is 13.0 Å². The number of rotatable bonds is 3. The van der Waals surface area contributed by atoms with Crippen LogP contribution >= 0.6 is 0 Å². The van der Waals surface area contributed by atoms with Gasteiger partial charge < -0.3 is 19.5 Å². The third-order valence-corrected chi connectivity index (χ3v) is 4.57. The van der Waals surface area contributed by atoms with Crippen molar-refractivity contribution in [3.63, 3.8) is 0 Å². The lowest BCUT2D eigenvalue weighted by molar-refractivity contribution is -0.132. The van der Waals surface area contributed by atoms with Crippen molar-refractivity contribution in [2.45, 2.75) is 20.3 Å². The van der Waals surface area contributed by atoms with Crippen LogP contribution in [0.5, 0.6) is 0 Å². The number of benzene rings is 1. The quantitative estimate of drug-likeness (QED) is 0.927. The zero-order valence-electron chi connectivity index (χ0n) is 14.5. The Labute approximate surface area is 145 Å². The highest BCUT2D eigenvalue weighted by molar-refractivity contribution is 5.90. The van der Waals surface area contributed by atoms with Gasteiger partial charge in [0.25, 0.3) is 0 Å². The van der Waals surface area contributed by atoms with Crippen LogP contribution in [0, 0.1) is 12.7 Å².